The maximum Gasteiger partial charge on any atom is -0.00881 e. The third kappa shape index (κ3) is 13.3. The van der Waals surface area contributed by atoms with Gasteiger partial charge >= 0.3 is 0 Å². The highest BCUT2D eigenvalue weighted by atomic mass is 14.2. The average molecular weight is 635 g/mol. The molecule has 0 heteroatoms. The summed E-state index contributed by atoms with van der Waals surface area (Å²) < 4.78 is 0. The van der Waals surface area contributed by atoms with E-state index in [4.69, 9.17) is 0 Å². The third-order valence-corrected chi connectivity index (χ3v) is 7.90. The van der Waals surface area contributed by atoms with E-state index in [0.717, 1.165) is 12.8 Å². The minimum Gasteiger partial charge on any atom is -0.0795 e. The molecule has 0 fully saturated rings. The van der Waals surface area contributed by atoms with Gasteiger partial charge in [0, 0.05) is 0 Å². The molecule has 0 aliphatic heterocycles. The predicted molar refractivity (Wildman–Crippen MR) is 219 cm³/mol. The Kier molecular flexibility index (Phi) is 18.6. The van der Waals surface area contributed by atoms with Gasteiger partial charge in [0.15, 0.2) is 0 Å². The average Bonchev–Trinajstić information content (AvgIpc) is 3.72. The molecule has 0 atom stereocenters. The van der Waals surface area contributed by atoms with Crippen molar-refractivity contribution in [2.75, 3.05) is 0 Å². The summed E-state index contributed by atoms with van der Waals surface area (Å²) in [6.07, 6.45) is 11.1. The summed E-state index contributed by atoms with van der Waals surface area (Å²) in [5, 5.41) is 2.65. The Bertz CT molecular complexity index is 1450. The second kappa shape index (κ2) is 20.1. The van der Waals surface area contributed by atoms with Crippen LogP contribution in [0.5, 0.6) is 0 Å². The molecule has 258 valence electrons. The Morgan fingerprint density at radius 3 is 1.13 bits per heavy atom. The van der Waals surface area contributed by atoms with Gasteiger partial charge in [0.25, 0.3) is 0 Å². The molecule has 4 aromatic carbocycles. The van der Waals surface area contributed by atoms with Gasteiger partial charge in [-0.2, -0.15) is 0 Å². The first-order valence-corrected chi connectivity index (χ1v) is 17.8. The molecule has 0 saturated heterocycles. The minimum atomic E-state index is 0. The molecular weight excluding hydrogens is 565 g/mol. The topological polar surface area (TPSA) is 0 Å². The van der Waals surface area contributed by atoms with E-state index in [9.17, 15) is 0 Å². The van der Waals surface area contributed by atoms with Gasteiger partial charge in [-0.15, -0.1) is 0 Å². The molecule has 0 unspecified atom stereocenters. The van der Waals surface area contributed by atoms with E-state index >= 15 is 0 Å². The van der Waals surface area contributed by atoms with E-state index < -0.39 is 0 Å². The summed E-state index contributed by atoms with van der Waals surface area (Å²) >= 11 is 0. The molecule has 4 aromatic rings. The maximum absolute atomic E-state index is 2.34. The van der Waals surface area contributed by atoms with Gasteiger partial charge in [0.1, 0.15) is 0 Å². The zero-order valence-corrected chi connectivity index (χ0v) is 32.2. The lowest BCUT2D eigenvalue weighted by molar-refractivity contribution is 0.589. The zero-order chi connectivity index (χ0) is 35.1. The molecule has 0 N–H and O–H groups in total. The number of fused-ring (bicyclic) bond motifs is 3. The van der Waals surface area contributed by atoms with Crippen molar-refractivity contribution in [3.8, 4) is 0 Å². The quantitative estimate of drug-likeness (QED) is 0.180. The molecule has 0 spiro atoms. The van der Waals surface area contributed by atoms with Crippen molar-refractivity contribution in [3.05, 3.63) is 130 Å². The smallest absolute Gasteiger partial charge is 0.00881 e. The molecule has 0 nitrogen and oxygen atoms in total. The molecule has 0 saturated carbocycles. The normalized spacial score (nSPS) is 12.1. The van der Waals surface area contributed by atoms with E-state index in [1.807, 2.05) is 41.5 Å². The van der Waals surface area contributed by atoms with Crippen LogP contribution in [0.15, 0.2) is 91.0 Å². The fourth-order valence-corrected chi connectivity index (χ4v) is 5.10. The summed E-state index contributed by atoms with van der Waals surface area (Å²) in [6, 6.07) is 28.9. The first-order valence-electron chi connectivity index (χ1n) is 17.8. The minimum absolute atomic E-state index is 0. The SMILES string of the molecule is C.CC.CC.CC.CC(C)(C)c1ccc2c(c1)CC=C2.CC(C)(C)c1ccc2c(c1)CC=C2.CC(C)(C)c1ccc2ccccc2c1. The van der Waals surface area contributed by atoms with E-state index in [0.29, 0.717) is 0 Å². The lowest BCUT2D eigenvalue weighted by Gasteiger charge is -2.19. The molecular formula is C47H70. The van der Waals surface area contributed by atoms with E-state index in [2.05, 4.69) is 165 Å². The molecule has 0 radical (unpaired) electrons. The van der Waals surface area contributed by atoms with E-state index in [1.54, 1.807) is 0 Å². The van der Waals surface area contributed by atoms with Crippen LogP contribution >= 0.6 is 0 Å². The zero-order valence-electron chi connectivity index (χ0n) is 32.2. The standard InChI is InChI=1S/C14H16.2C13H16.3C2H6.CH4/c1-14(2,3)13-9-8-11-6-4-5-7-12(11)10-13;2*1-13(2,3)12-8-7-10-5-4-6-11(10)9-12;3*1-2;/h4-10H,1-3H3;2*4-5,7-9H,6H2,1-3H3;3*1-2H3;1H4. The van der Waals surface area contributed by atoms with Crippen LogP contribution in [0.2, 0.25) is 0 Å². The fourth-order valence-electron chi connectivity index (χ4n) is 5.10. The van der Waals surface area contributed by atoms with Crippen LogP contribution in [-0.4, -0.2) is 0 Å². The van der Waals surface area contributed by atoms with Crippen molar-refractivity contribution in [2.45, 2.75) is 140 Å². The van der Waals surface area contributed by atoms with Gasteiger partial charge in [0.05, 0.1) is 0 Å². The van der Waals surface area contributed by atoms with Crippen molar-refractivity contribution < 1.29 is 0 Å². The van der Waals surface area contributed by atoms with Gasteiger partial charge in [-0.05, 0) is 78.8 Å². The highest BCUT2D eigenvalue weighted by Crippen LogP contribution is 2.29. The van der Waals surface area contributed by atoms with Crippen LogP contribution in [0, 0.1) is 0 Å². The van der Waals surface area contributed by atoms with Gasteiger partial charge in [-0.25, -0.2) is 0 Å². The Morgan fingerprint density at radius 2 is 0.745 bits per heavy atom. The van der Waals surface area contributed by atoms with Crippen LogP contribution in [0.25, 0.3) is 22.9 Å². The van der Waals surface area contributed by atoms with Crippen LogP contribution in [0.3, 0.4) is 0 Å². The summed E-state index contributed by atoms with van der Waals surface area (Å²) in [4.78, 5) is 0. The second-order valence-electron chi connectivity index (χ2n) is 14.4. The van der Waals surface area contributed by atoms with Crippen LogP contribution in [0.4, 0.5) is 0 Å². The Labute approximate surface area is 292 Å². The van der Waals surface area contributed by atoms with Crippen molar-refractivity contribution in [1.82, 2.24) is 0 Å². The predicted octanol–water partition coefficient (Wildman–Crippen LogP) is 15.0. The van der Waals surface area contributed by atoms with E-state index in [-0.39, 0.29) is 23.7 Å². The molecule has 0 heterocycles. The number of allylic oxidation sites excluding steroid dienone is 2. The highest BCUT2D eigenvalue weighted by Gasteiger charge is 2.17. The van der Waals surface area contributed by atoms with Crippen molar-refractivity contribution in [1.29, 1.82) is 0 Å². The molecule has 6 rings (SSSR count). The second-order valence-corrected chi connectivity index (χ2v) is 14.4. The summed E-state index contributed by atoms with van der Waals surface area (Å²) in [5.41, 5.74) is 10.8. The number of hydrogen-bond donors (Lipinski definition) is 0. The Morgan fingerprint density at radius 1 is 0.404 bits per heavy atom. The van der Waals surface area contributed by atoms with Gasteiger partial charge in [-0.1, -0.05) is 214 Å². The fraction of sp³-hybridized carbons (Fsp3) is 0.447. The number of benzene rings is 4. The Hall–Kier alpha value is -3.38. The highest BCUT2D eigenvalue weighted by molar-refractivity contribution is 5.83. The molecule has 0 amide bonds. The van der Waals surface area contributed by atoms with Gasteiger partial charge in [0.2, 0.25) is 0 Å². The van der Waals surface area contributed by atoms with Crippen LogP contribution < -0.4 is 0 Å². The summed E-state index contributed by atoms with van der Waals surface area (Å²) in [7, 11) is 0. The van der Waals surface area contributed by atoms with Crippen molar-refractivity contribution >= 4 is 22.9 Å². The number of rotatable bonds is 0. The molecule has 0 aromatic heterocycles. The first kappa shape index (κ1) is 43.6. The van der Waals surface area contributed by atoms with Gasteiger partial charge in [-0.3, -0.25) is 0 Å². The van der Waals surface area contributed by atoms with Gasteiger partial charge < -0.3 is 0 Å². The lowest BCUT2D eigenvalue weighted by Crippen LogP contribution is -2.11. The van der Waals surface area contributed by atoms with Crippen LogP contribution in [0.1, 0.15) is 150 Å². The van der Waals surface area contributed by atoms with E-state index in [1.165, 1.54) is 49.7 Å². The summed E-state index contributed by atoms with van der Waals surface area (Å²) in [5.74, 6) is 0. The maximum atomic E-state index is 2.34. The lowest BCUT2D eigenvalue weighted by atomic mass is 9.85. The van der Waals surface area contributed by atoms with Crippen LogP contribution in [-0.2, 0) is 29.1 Å². The number of hydrogen-bond acceptors (Lipinski definition) is 0. The largest absolute Gasteiger partial charge is 0.0795 e. The van der Waals surface area contributed by atoms with Crippen molar-refractivity contribution in [2.24, 2.45) is 0 Å². The first-order chi connectivity index (χ1) is 21.7. The molecule has 0 bridgehead atoms. The third-order valence-electron chi connectivity index (χ3n) is 7.90. The monoisotopic (exact) mass is 635 g/mol. The molecule has 2 aliphatic carbocycles. The van der Waals surface area contributed by atoms with Crippen molar-refractivity contribution in [3.63, 3.8) is 0 Å². The molecule has 47 heavy (non-hydrogen) atoms. The summed E-state index contributed by atoms with van der Waals surface area (Å²) in [6.45, 7) is 32.3. The molecule has 2 aliphatic rings. The Balaban J connectivity index is 0.000000619.